The first-order chi connectivity index (χ1) is 13.3. The number of aliphatic hydroxyl groups excluding tert-OH is 4. The van der Waals surface area contributed by atoms with Gasteiger partial charge in [0.15, 0.2) is 18.6 Å². The highest BCUT2D eigenvalue weighted by atomic mass is 16.7. The predicted octanol–water partition coefficient (Wildman–Crippen LogP) is -3.68. The molecule has 0 unspecified atom stereocenters. The van der Waals surface area contributed by atoms with E-state index in [4.69, 9.17) is 28.4 Å². The Bertz CT molecular complexity index is 507. The Morgan fingerprint density at radius 1 is 0.857 bits per heavy atom. The molecule has 5 N–H and O–H groups in total. The Morgan fingerprint density at radius 2 is 1.46 bits per heavy atom. The van der Waals surface area contributed by atoms with E-state index in [1.165, 1.54) is 28.4 Å². The van der Waals surface area contributed by atoms with Crippen molar-refractivity contribution in [2.75, 3.05) is 35.0 Å². The normalized spacial score (nSPS) is 44.3. The lowest BCUT2D eigenvalue weighted by Crippen LogP contribution is -2.67. The third-order valence-corrected chi connectivity index (χ3v) is 4.98. The summed E-state index contributed by atoms with van der Waals surface area (Å²) in [7, 11) is 5.61. The molecule has 0 radical (unpaired) electrons. The minimum absolute atomic E-state index is 0.620. The minimum Gasteiger partial charge on any atom is -0.394 e. The summed E-state index contributed by atoms with van der Waals surface area (Å²) in [6, 6.07) is 0. The van der Waals surface area contributed by atoms with Gasteiger partial charge in [0, 0.05) is 28.4 Å². The van der Waals surface area contributed by atoms with E-state index in [-0.39, 0.29) is 0 Å². The highest BCUT2D eigenvalue weighted by Crippen LogP contribution is 2.28. The van der Waals surface area contributed by atoms with Crippen molar-refractivity contribution in [1.29, 1.82) is 0 Å². The van der Waals surface area contributed by atoms with Crippen molar-refractivity contribution in [3.05, 3.63) is 0 Å². The minimum atomic E-state index is -1.63. The number of ether oxygens (including phenoxy) is 6. The van der Waals surface area contributed by atoms with Gasteiger partial charge in [-0.25, -0.2) is 0 Å². The Kier molecular flexibility index (Phi) is 8.51. The van der Waals surface area contributed by atoms with E-state index in [0.717, 1.165) is 0 Å². The highest BCUT2D eigenvalue weighted by molar-refractivity contribution is 5.82. The van der Waals surface area contributed by atoms with Crippen molar-refractivity contribution in [2.24, 2.45) is 0 Å². The predicted molar refractivity (Wildman–Crippen MR) is 90.0 cm³/mol. The number of rotatable bonds is 7. The largest absolute Gasteiger partial charge is 0.394 e. The molecule has 0 bridgehead atoms. The SMILES string of the molecule is CO[C@H]1O[C@H](C(=O)N[C@@H]2O[C@H](CO)[C@@H](O)[C@H](O)[C@H]2O)[C@@H](OC)[C@H](OC)[C@H]1OC. The second kappa shape index (κ2) is 10.2. The molecule has 1 amide bonds. The standard InChI is InChI=1S/C16H29NO11/c1-23-10-11(24-2)13(25-3)16(26-4)28-12(10)14(22)17-15-9(21)8(20)7(19)6(5-18)27-15/h6-13,15-16,18-21H,5H2,1-4H3,(H,17,22)/t6-,7-,8+,9-,10+,11+,12+,13-,15-,16+/m1/s1. The molecule has 2 heterocycles. The third-order valence-electron chi connectivity index (χ3n) is 4.98. The van der Waals surface area contributed by atoms with Gasteiger partial charge in [0.05, 0.1) is 6.61 Å². The van der Waals surface area contributed by atoms with E-state index in [1.54, 1.807) is 0 Å². The van der Waals surface area contributed by atoms with E-state index < -0.39 is 73.9 Å². The Labute approximate surface area is 162 Å². The van der Waals surface area contributed by atoms with Crippen LogP contribution >= 0.6 is 0 Å². The first-order valence-electron chi connectivity index (χ1n) is 8.72. The van der Waals surface area contributed by atoms with Gasteiger partial charge in [-0.3, -0.25) is 4.79 Å². The van der Waals surface area contributed by atoms with E-state index in [2.05, 4.69) is 5.32 Å². The van der Waals surface area contributed by atoms with Crippen molar-refractivity contribution < 1.29 is 53.6 Å². The lowest BCUT2D eigenvalue weighted by atomic mass is 9.96. The first-order valence-corrected chi connectivity index (χ1v) is 8.72. The summed E-state index contributed by atoms with van der Waals surface area (Å²) in [5, 5.41) is 41.4. The maximum Gasteiger partial charge on any atom is 0.254 e. The second-order valence-corrected chi connectivity index (χ2v) is 6.52. The molecule has 2 aliphatic heterocycles. The summed E-state index contributed by atoms with van der Waals surface area (Å²) < 4.78 is 32.3. The number of amides is 1. The Hall–Kier alpha value is -0.930. The van der Waals surface area contributed by atoms with Gasteiger partial charge in [0.1, 0.15) is 42.7 Å². The van der Waals surface area contributed by atoms with Crippen molar-refractivity contribution in [3.63, 3.8) is 0 Å². The number of carbonyl (C=O) groups is 1. The molecule has 28 heavy (non-hydrogen) atoms. The van der Waals surface area contributed by atoms with Crippen LogP contribution in [0.1, 0.15) is 0 Å². The molecule has 2 rings (SSSR count). The quantitative estimate of drug-likeness (QED) is 0.280. The number of hydrogen-bond donors (Lipinski definition) is 5. The average Bonchev–Trinajstić information content (AvgIpc) is 2.71. The van der Waals surface area contributed by atoms with Crippen LogP contribution in [-0.4, -0.2) is 123 Å². The monoisotopic (exact) mass is 411 g/mol. The molecular weight excluding hydrogens is 382 g/mol. The zero-order valence-electron chi connectivity index (χ0n) is 16.1. The van der Waals surface area contributed by atoms with Gasteiger partial charge in [0.2, 0.25) is 0 Å². The number of hydrogen-bond acceptors (Lipinski definition) is 11. The van der Waals surface area contributed by atoms with Gasteiger partial charge in [0.25, 0.3) is 5.91 Å². The number of nitrogens with one attached hydrogen (secondary N) is 1. The molecule has 0 saturated carbocycles. The van der Waals surface area contributed by atoms with Gasteiger partial charge in [-0.1, -0.05) is 0 Å². The van der Waals surface area contributed by atoms with Crippen LogP contribution in [0.25, 0.3) is 0 Å². The summed E-state index contributed by atoms with van der Waals surface area (Å²) in [5.41, 5.74) is 0. The molecule has 0 aromatic rings. The van der Waals surface area contributed by atoms with Crippen LogP contribution in [0.5, 0.6) is 0 Å². The van der Waals surface area contributed by atoms with E-state index in [0.29, 0.717) is 0 Å². The third kappa shape index (κ3) is 4.46. The number of aliphatic hydroxyl groups is 4. The first kappa shape index (κ1) is 23.3. The lowest BCUT2D eigenvalue weighted by molar-refractivity contribution is -0.297. The summed E-state index contributed by atoms with van der Waals surface area (Å²) >= 11 is 0. The van der Waals surface area contributed by atoms with Crippen LogP contribution in [0.3, 0.4) is 0 Å². The molecule has 2 fully saturated rings. The van der Waals surface area contributed by atoms with Crippen LogP contribution in [0.15, 0.2) is 0 Å². The smallest absolute Gasteiger partial charge is 0.254 e. The molecular formula is C16H29NO11. The molecule has 2 aliphatic rings. The topological polar surface area (TPSA) is 165 Å². The molecule has 10 atom stereocenters. The van der Waals surface area contributed by atoms with Crippen molar-refractivity contribution >= 4 is 5.91 Å². The summed E-state index contributed by atoms with van der Waals surface area (Å²) in [6.45, 7) is -0.620. The maximum atomic E-state index is 12.8. The van der Waals surface area contributed by atoms with Gasteiger partial charge in [-0.2, -0.15) is 0 Å². The molecule has 164 valence electrons. The van der Waals surface area contributed by atoms with Gasteiger partial charge in [-0.15, -0.1) is 0 Å². The Morgan fingerprint density at radius 3 is 1.96 bits per heavy atom. The van der Waals surface area contributed by atoms with Crippen LogP contribution in [0, 0.1) is 0 Å². The summed E-state index contributed by atoms with van der Waals surface area (Å²) in [4.78, 5) is 12.8. The van der Waals surface area contributed by atoms with Gasteiger partial charge in [-0.05, 0) is 0 Å². The van der Waals surface area contributed by atoms with E-state index >= 15 is 0 Å². The van der Waals surface area contributed by atoms with Gasteiger partial charge < -0.3 is 54.2 Å². The Balaban J connectivity index is 2.17. The molecule has 12 heteroatoms. The van der Waals surface area contributed by atoms with Crippen LogP contribution in [0.2, 0.25) is 0 Å². The molecule has 12 nitrogen and oxygen atoms in total. The van der Waals surface area contributed by atoms with Crippen LogP contribution in [0.4, 0.5) is 0 Å². The number of methoxy groups -OCH3 is 4. The fraction of sp³-hybridized carbons (Fsp3) is 0.938. The molecule has 0 aromatic carbocycles. The maximum absolute atomic E-state index is 12.8. The number of carbonyl (C=O) groups excluding carboxylic acids is 1. The molecule has 2 saturated heterocycles. The van der Waals surface area contributed by atoms with E-state index in [9.17, 15) is 25.2 Å². The zero-order valence-corrected chi connectivity index (χ0v) is 16.1. The van der Waals surface area contributed by atoms with Crippen LogP contribution in [-0.2, 0) is 33.2 Å². The molecule has 0 aliphatic carbocycles. The molecule has 0 spiro atoms. The van der Waals surface area contributed by atoms with Crippen molar-refractivity contribution in [3.8, 4) is 0 Å². The van der Waals surface area contributed by atoms with Crippen molar-refractivity contribution in [1.82, 2.24) is 5.32 Å². The van der Waals surface area contributed by atoms with Crippen molar-refractivity contribution in [2.45, 2.75) is 61.3 Å². The lowest BCUT2D eigenvalue weighted by Gasteiger charge is -2.44. The second-order valence-electron chi connectivity index (χ2n) is 6.52. The van der Waals surface area contributed by atoms with Gasteiger partial charge >= 0.3 is 0 Å². The fourth-order valence-electron chi connectivity index (χ4n) is 3.43. The zero-order chi connectivity index (χ0) is 21.0. The fourth-order valence-corrected chi connectivity index (χ4v) is 3.43. The highest BCUT2D eigenvalue weighted by Gasteiger charge is 2.51. The van der Waals surface area contributed by atoms with Crippen LogP contribution < -0.4 is 5.32 Å². The summed E-state index contributed by atoms with van der Waals surface area (Å²) in [5.74, 6) is -0.741. The average molecular weight is 411 g/mol. The molecule has 0 aromatic heterocycles. The van der Waals surface area contributed by atoms with E-state index in [1.807, 2.05) is 0 Å². The summed E-state index contributed by atoms with van der Waals surface area (Å²) in [6.07, 6.45) is -11.8.